The molecule has 1 saturated heterocycles. The summed E-state index contributed by atoms with van der Waals surface area (Å²) >= 11 is 0. The van der Waals surface area contributed by atoms with E-state index in [-0.39, 0.29) is 18.6 Å². The SMILES string of the molecule is CCCCOc1ccc(-c2nc(C3CC(=O)N(Cc4ccc5c(c4)OCO5)C3)no2)cc1. The lowest BCUT2D eigenvalue weighted by atomic mass is 10.1. The zero-order chi connectivity index (χ0) is 21.9. The molecule has 3 aromatic rings. The number of carbonyl (C=O) groups excluding carboxylic acids is 1. The molecular formula is C24H25N3O5. The van der Waals surface area contributed by atoms with Crippen LogP contribution >= 0.6 is 0 Å². The van der Waals surface area contributed by atoms with Gasteiger partial charge in [0.1, 0.15) is 5.75 Å². The van der Waals surface area contributed by atoms with Crippen LogP contribution in [0.2, 0.25) is 0 Å². The Hall–Kier alpha value is -3.55. The van der Waals surface area contributed by atoms with E-state index in [1.165, 1.54) is 0 Å². The molecular weight excluding hydrogens is 410 g/mol. The summed E-state index contributed by atoms with van der Waals surface area (Å²) in [4.78, 5) is 19.0. The minimum absolute atomic E-state index is 0.0765. The lowest BCUT2D eigenvalue weighted by molar-refractivity contribution is -0.128. The van der Waals surface area contributed by atoms with Crippen molar-refractivity contribution in [2.75, 3.05) is 19.9 Å². The second kappa shape index (κ2) is 8.90. The zero-order valence-corrected chi connectivity index (χ0v) is 18.0. The van der Waals surface area contributed by atoms with Gasteiger partial charge in [0.15, 0.2) is 17.3 Å². The van der Waals surface area contributed by atoms with Crippen molar-refractivity contribution in [2.45, 2.75) is 38.6 Å². The highest BCUT2D eigenvalue weighted by atomic mass is 16.7. The van der Waals surface area contributed by atoms with Crippen LogP contribution in [0.4, 0.5) is 0 Å². The van der Waals surface area contributed by atoms with Gasteiger partial charge in [-0.2, -0.15) is 4.98 Å². The fraction of sp³-hybridized carbons (Fsp3) is 0.375. The summed E-state index contributed by atoms with van der Waals surface area (Å²) in [6.07, 6.45) is 2.49. The van der Waals surface area contributed by atoms with E-state index in [1.807, 2.05) is 47.4 Å². The predicted octanol–water partition coefficient (Wildman–Crippen LogP) is 4.16. The van der Waals surface area contributed by atoms with E-state index >= 15 is 0 Å². The number of aromatic nitrogens is 2. The number of unbranched alkanes of at least 4 members (excludes halogenated alkanes) is 1. The number of nitrogens with zero attached hydrogens (tertiary/aromatic N) is 3. The fourth-order valence-corrected chi connectivity index (χ4v) is 3.90. The standard InChI is InChI=1S/C24H25N3O5/c1-2-3-10-29-19-7-5-17(6-8-19)24-25-23(26-32-24)18-12-22(28)27(14-18)13-16-4-9-20-21(11-16)31-15-30-20/h4-9,11,18H,2-3,10,12-15H2,1H3. The Balaban J connectivity index is 1.22. The van der Waals surface area contributed by atoms with Crippen LogP contribution in [0.5, 0.6) is 17.2 Å². The molecule has 0 bridgehead atoms. The zero-order valence-electron chi connectivity index (χ0n) is 18.0. The Morgan fingerprint density at radius 3 is 2.81 bits per heavy atom. The number of carbonyl (C=O) groups is 1. The highest BCUT2D eigenvalue weighted by Crippen LogP contribution is 2.34. The molecule has 8 heteroatoms. The number of likely N-dealkylation sites (tertiary alicyclic amines) is 1. The number of rotatable bonds is 8. The summed E-state index contributed by atoms with van der Waals surface area (Å²) in [5.74, 6) is 3.27. The number of benzene rings is 2. The normalized spacial score (nSPS) is 17.2. The van der Waals surface area contributed by atoms with Crippen LogP contribution in [0.3, 0.4) is 0 Å². The molecule has 5 rings (SSSR count). The summed E-state index contributed by atoms with van der Waals surface area (Å²) in [6, 6.07) is 13.4. The number of ether oxygens (including phenoxy) is 3. The second-order valence-electron chi connectivity index (χ2n) is 8.05. The van der Waals surface area contributed by atoms with Crippen LogP contribution in [0.15, 0.2) is 47.0 Å². The van der Waals surface area contributed by atoms with E-state index in [1.54, 1.807) is 0 Å². The lowest BCUT2D eigenvalue weighted by Crippen LogP contribution is -2.24. The molecule has 0 radical (unpaired) electrons. The molecule has 0 N–H and O–H groups in total. The Bertz CT molecular complexity index is 1100. The molecule has 2 aromatic carbocycles. The van der Waals surface area contributed by atoms with Crippen LogP contribution < -0.4 is 14.2 Å². The summed E-state index contributed by atoms with van der Waals surface area (Å²) in [7, 11) is 0. The number of fused-ring (bicyclic) bond motifs is 1. The third kappa shape index (κ3) is 4.26. The summed E-state index contributed by atoms with van der Waals surface area (Å²) < 4.78 is 22.0. The maximum absolute atomic E-state index is 12.6. The predicted molar refractivity (Wildman–Crippen MR) is 115 cm³/mol. The Kier molecular flexibility index (Phi) is 5.66. The Labute approximate surface area is 186 Å². The van der Waals surface area contributed by atoms with Crippen molar-refractivity contribution in [1.82, 2.24) is 15.0 Å². The van der Waals surface area contributed by atoms with Crippen molar-refractivity contribution < 1.29 is 23.5 Å². The second-order valence-corrected chi connectivity index (χ2v) is 8.05. The average Bonchev–Trinajstić information content (AvgIpc) is 3.55. The van der Waals surface area contributed by atoms with E-state index in [4.69, 9.17) is 18.7 Å². The van der Waals surface area contributed by atoms with Gasteiger partial charge in [0.25, 0.3) is 5.89 Å². The van der Waals surface area contributed by atoms with Gasteiger partial charge in [-0.15, -0.1) is 0 Å². The van der Waals surface area contributed by atoms with Gasteiger partial charge in [-0.25, -0.2) is 0 Å². The molecule has 1 fully saturated rings. The first-order chi connectivity index (χ1) is 15.7. The molecule has 0 aliphatic carbocycles. The third-order valence-corrected chi connectivity index (χ3v) is 5.70. The molecule has 1 unspecified atom stereocenters. The van der Waals surface area contributed by atoms with Crippen LogP contribution in [0, 0.1) is 0 Å². The average molecular weight is 435 g/mol. The summed E-state index contributed by atoms with van der Waals surface area (Å²) in [6.45, 7) is 4.14. The summed E-state index contributed by atoms with van der Waals surface area (Å²) in [5, 5.41) is 4.15. The van der Waals surface area contributed by atoms with E-state index in [9.17, 15) is 4.79 Å². The van der Waals surface area contributed by atoms with Crippen molar-refractivity contribution in [2.24, 2.45) is 0 Å². The van der Waals surface area contributed by atoms with E-state index in [2.05, 4.69) is 17.1 Å². The van der Waals surface area contributed by atoms with E-state index in [0.717, 1.165) is 41.2 Å². The lowest BCUT2D eigenvalue weighted by Gasteiger charge is -2.16. The van der Waals surface area contributed by atoms with Gasteiger partial charge in [-0.1, -0.05) is 24.6 Å². The molecule has 2 aliphatic heterocycles. The molecule has 8 nitrogen and oxygen atoms in total. The maximum atomic E-state index is 12.6. The molecule has 0 saturated carbocycles. The van der Waals surface area contributed by atoms with Gasteiger partial charge >= 0.3 is 0 Å². The third-order valence-electron chi connectivity index (χ3n) is 5.70. The quantitative estimate of drug-likeness (QED) is 0.491. The van der Waals surface area contributed by atoms with E-state index in [0.29, 0.717) is 37.8 Å². The van der Waals surface area contributed by atoms with Crippen molar-refractivity contribution in [3.8, 4) is 28.7 Å². The van der Waals surface area contributed by atoms with E-state index < -0.39 is 0 Å². The van der Waals surface area contributed by atoms with Crippen LogP contribution in [0.1, 0.15) is 43.5 Å². The van der Waals surface area contributed by atoms with Gasteiger partial charge in [-0.3, -0.25) is 4.79 Å². The molecule has 0 spiro atoms. The molecule has 166 valence electrons. The van der Waals surface area contributed by atoms with Gasteiger partial charge in [-0.05, 0) is 48.4 Å². The van der Waals surface area contributed by atoms with Crippen LogP contribution in [-0.4, -0.2) is 40.9 Å². The highest BCUT2D eigenvalue weighted by molar-refractivity contribution is 5.79. The minimum Gasteiger partial charge on any atom is -0.494 e. The van der Waals surface area contributed by atoms with Crippen molar-refractivity contribution in [1.29, 1.82) is 0 Å². The highest BCUT2D eigenvalue weighted by Gasteiger charge is 2.34. The molecule has 2 aliphatic rings. The van der Waals surface area contributed by atoms with Gasteiger partial charge in [0.2, 0.25) is 12.7 Å². The van der Waals surface area contributed by atoms with Gasteiger partial charge < -0.3 is 23.6 Å². The smallest absolute Gasteiger partial charge is 0.257 e. The maximum Gasteiger partial charge on any atom is 0.257 e. The Morgan fingerprint density at radius 2 is 1.97 bits per heavy atom. The number of hydrogen-bond donors (Lipinski definition) is 0. The fourth-order valence-electron chi connectivity index (χ4n) is 3.90. The number of hydrogen-bond acceptors (Lipinski definition) is 7. The first kappa shape index (κ1) is 20.4. The van der Waals surface area contributed by atoms with Gasteiger partial charge in [0.05, 0.1) is 6.61 Å². The monoisotopic (exact) mass is 435 g/mol. The van der Waals surface area contributed by atoms with Gasteiger partial charge in [0, 0.05) is 31.0 Å². The number of amides is 1. The summed E-state index contributed by atoms with van der Waals surface area (Å²) in [5.41, 5.74) is 1.83. The molecule has 1 aromatic heterocycles. The van der Waals surface area contributed by atoms with Crippen molar-refractivity contribution in [3.05, 3.63) is 53.9 Å². The van der Waals surface area contributed by atoms with Crippen molar-refractivity contribution >= 4 is 5.91 Å². The molecule has 32 heavy (non-hydrogen) atoms. The first-order valence-electron chi connectivity index (χ1n) is 10.9. The first-order valence-corrected chi connectivity index (χ1v) is 10.9. The largest absolute Gasteiger partial charge is 0.494 e. The Morgan fingerprint density at radius 1 is 1.12 bits per heavy atom. The van der Waals surface area contributed by atoms with Crippen molar-refractivity contribution in [3.63, 3.8) is 0 Å². The molecule has 1 amide bonds. The minimum atomic E-state index is -0.0920. The topological polar surface area (TPSA) is 86.9 Å². The van der Waals surface area contributed by atoms with Crippen LogP contribution in [-0.2, 0) is 11.3 Å². The van der Waals surface area contributed by atoms with Crippen LogP contribution in [0.25, 0.3) is 11.5 Å². The molecule has 3 heterocycles. The molecule has 1 atom stereocenters.